The fourth-order valence-electron chi connectivity index (χ4n) is 1.19. The molecule has 0 aliphatic heterocycles. The third-order valence-electron chi connectivity index (χ3n) is 2.31. The van der Waals surface area contributed by atoms with Gasteiger partial charge in [0.25, 0.3) is 0 Å². The molecule has 0 aromatic carbocycles. The van der Waals surface area contributed by atoms with Gasteiger partial charge in [0.1, 0.15) is 0 Å². The van der Waals surface area contributed by atoms with Crippen molar-refractivity contribution in [1.82, 2.24) is 5.32 Å². The maximum absolute atomic E-state index is 12.7. The van der Waals surface area contributed by atoms with Crippen LogP contribution in [-0.4, -0.2) is 35.7 Å². The van der Waals surface area contributed by atoms with E-state index in [-0.39, 0.29) is 6.42 Å². The highest BCUT2D eigenvalue weighted by Crippen LogP contribution is 2.35. The average Bonchev–Trinajstić information content (AvgIpc) is 2.31. The van der Waals surface area contributed by atoms with Gasteiger partial charge in [0, 0.05) is 0 Å². The van der Waals surface area contributed by atoms with Crippen molar-refractivity contribution in [1.29, 1.82) is 0 Å². The molecular weight excluding hydrogens is 297 g/mol. The summed E-state index contributed by atoms with van der Waals surface area (Å²) in [6.45, 7) is 1.73. The Hall–Kier alpha value is -0.920. The van der Waals surface area contributed by atoms with Crippen LogP contribution < -0.4 is 5.32 Å². The molecule has 0 heterocycles. The van der Waals surface area contributed by atoms with E-state index in [1.807, 2.05) is 0 Å². The Bertz CT molecular complexity index is 332. The molecule has 0 saturated heterocycles. The van der Waals surface area contributed by atoms with Crippen LogP contribution >= 0.6 is 11.6 Å². The van der Waals surface area contributed by atoms with Crippen molar-refractivity contribution in [2.75, 3.05) is 5.88 Å². The van der Waals surface area contributed by atoms with Gasteiger partial charge in [-0.25, -0.2) is 0 Å². The first-order chi connectivity index (χ1) is 8.57. The lowest BCUT2D eigenvalue weighted by Gasteiger charge is -2.22. The number of halogens is 6. The molecule has 1 atom stereocenters. The van der Waals surface area contributed by atoms with E-state index in [1.165, 1.54) is 5.32 Å². The number of rotatable bonds is 7. The molecule has 0 radical (unpaired) electrons. The second-order valence-electron chi connectivity index (χ2n) is 3.84. The van der Waals surface area contributed by atoms with Crippen molar-refractivity contribution in [2.45, 2.75) is 44.3 Å². The lowest BCUT2D eigenvalue weighted by atomic mass is 10.1. The third-order valence-corrected chi connectivity index (χ3v) is 2.58. The van der Waals surface area contributed by atoms with Gasteiger partial charge in [0.15, 0.2) is 5.78 Å². The molecular formula is C10H13ClF5NO2. The molecule has 9 heteroatoms. The van der Waals surface area contributed by atoms with E-state index in [0.717, 1.165) is 0 Å². The monoisotopic (exact) mass is 309 g/mol. The van der Waals surface area contributed by atoms with Crippen LogP contribution in [0.1, 0.15) is 26.2 Å². The molecule has 0 aromatic rings. The zero-order valence-corrected chi connectivity index (χ0v) is 10.7. The molecule has 0 spiro atoms. The quantitative estimate of drug-likeness (QED) is 0.580. The summed E-state index contributed by atoms with van der Waals surface area (Å²) in [5.41, 5.74) is 0. The lowest BCUT2D eigenvalue weighted by molar-refractivity contribution is -0.270. The van der Waals surface area contributed by atoms with Crippen LogP contribution in [0.5, 0.6) is 0 Å². The summed E-state index contributed by atoms with van der Waals surface area (Å²) in [6, 6.07) is -1.43. The van der Waals surface area contributed by atoms with E-state index >= 15 is 0 Å². The number of ketones is 1. The first-order valence-corrected chi connectivity index (χ1v) is 5.95. The van der Waals surface area contributed by atoms with Gasteiger partial charge >= 0.3 is 18.0 Å². The number of alkyl halides is 6. The zero-order chi connectivity index (χ0) is 15.3. The van der Waals surface area contributed by atoms with E-state index in [9.17, 15) is 31.5 Å². The van der Waals surface area contributed by atoms with Crippen LogP contribution in [0.3, 0.4) is 0 Å². The van der Waals surface area contributed by atoms with Crippen LogP contribution in [0.15, 0.2) is 0 Å². The van der Waals surface area contributed by atoms with Gasteiger partial charge in [-0.2, -0.15) is 22.0 Å². The van der Waals surface area contributed by atoms with Gasteiger partial charge in [-0.1, -0.05) is 19.8 Å². The van der Waals surface area contributed by atoms with Crippen molar-refractivity contribution < 1.29 is 31.5 Å². The fraction of sp³-hybridized carbons (Fsp3) is 0.800. The topological polar surface area (TPSA) is 46.2 Å². The molecule has 19 heavy (non-hydrogen) atoms. The predicted molar refractivity (Wildman–Crippen MR) is 58.2 cm³/mol. The highest BCUT2D eigenvalue weighted by molar-refractivity contribution is 6.28. The zero-order valence-electron chi connectivity index (χ0n) is 9.99. The van der Waals surface area contributed by atoms with E-state index in [2.05, 4.69) is 0 Å². The maximum atomic E-state index is 12.7. The van der Waals surface area contributed by atoms with E-state index in [0.29, 0.717) is 12.8 Å². The second-order valence-corrected chi connectivity index (χ2v) is 4.11. The Morgan fingerprint density at radius 2 is 1.74 bits per heavy atom. The molecule has 0 saturated carbocycles. The summed E-state index contributed by atoms with van der Waals surface area (Å²) in [4.78, 5) is 22.2. The summed E-state index contributed by atoms with van der Waals surface area (Å²) in [5.74, 6) is -9.46. The van der Waals surface area contributed by atoms with Crippen LogP contribution in [0.4, 0.5) is 22.0 Å². The SMILES string of the molecule is CCCCC(NC(=O)C(F)(F)C(F)(F)F)C(=O)CCl. The smallest absolute Gasteiger partial charge is 0.341 e. The Morgan fingerprint density at radius 3 is 2.11 bits per heavy atom. The summed E-state index contributed by atoms with van der Waals surface area (Å²) < 4.78 is 61.2. The summed E-state index contributed by atoms with van der Waals surface area (Å²) in [5, 5.41) is 1.41. The van der Waals surface area contributed by atoms with Crippen molar-refractivity contribution in [3.63, 3.8) is 0 Å². The molecule has 3 nitrogen and oxygen atoms in total. The van der Waals surface area contributed by atoms with Crippen molar-refractivity contribution in [3.05, 3.63) is 0 Å². The molecule has 0 aromatic heterocycles. The highest BCUT2D eigenvalue weighted by Gasteiger charge is 2.63. The van der Waals surface area contributed by atoms with Crippen molar-refractivity contribution in [2.24, 2.45) is 0 Å². The van der Waals surface area contributed by atoms with Crippen molar-refractivity contribution in [3.8, 4) is 0 Å². The maximum Gasteiger partial charge on any atom is 0.463 e. The standard InChI is InChI=1S/C10H13ClF5NO2/c1-2-3-4-6(7(18)5-11)17-8(19)9(12,13)10(14,15)16/h6H,2-5H2,1H3,(H,17,19). The van der Waals surface area contributed by atoms with Crippen LogP contribution in [0.25, 0.3) is 0 Å². The average molecular weight is 310 g/mol. The lowest BCUT2D eigenvalue weighted by Crippen LogP contribution is -2.54. The molecule has 0 aliphatic carbocycles. The number of nitrogens with one attached hydrogen (secondary N) is 1. The molecule has 1 N–H and O–H groups in total. The number of hydrogen-bond donors (Lipinski definition) is 1. The Balaban J connectivity index is 4.85. The number of unbranched alkanes of at least 4 members (excludes halogenated alkanes) is 1. The van der Waals surface area contributed by atoms with Crippen molar-refractivity contribution >= 4 is 23.3 Å². The first-order valence-electron chi connectivity index (χ1n) is 5.42. The summed E-state index contributed by atoms with van der Waals surface area (Å²) in [6.07, 6.45) is -5.08. The predicted octanol–water partition coefficient (Wildman–Crippen LogP) is 2.67. The fourth-order valence-corrected chi connectivity index (χ4v) is 1.38. The molecule has 0 aliphatic rings. The second kappa shape index (κ2) is 7.02. The Labute approximate surface area is 111 Å². The molecule has 1 unspecified atom stereocenters. The van der Waals surface area contributed by atoms with E-state index in [1.54, 1.807) is 6.92 Å². The first kappa shape index (κ1) is 18.1. The van der Waals surface area contributed by atoms with Gasteiger partial charge < -0.3 is 5.32 Å². The molecule has 1 amide bonds. The normalized spacial score (nSPS) is 14.1. The van der Waals surface area contributed by atoms with E-state index < -0.39 is 35.7 Å². The molecule has 0 rings (SSSR count). The molecule has 0 bridgehead atoms. The minimum Gasteiger partial charge on any atom is -0.341 e. The Kier molecular flexibility index (Phi) is 6.68. The largest absolute Gasteiger partial charge is 0.463 e. The Morgan fingerprint density at radius 1 is 1.21 bits per heavy atom. The number of carbonyl (C=O) groups excluding carboxylic acids is 2. The molecule has 0 fully saturated rings. The van der Waals surface area contributed by atoms with Crippen LogP contribution in [-0.2, 0) is 9.59 Å². The van der Waals surface area contributed by atoms with Gasteiger partial charge in [-0.15, -0.1) is 11.6 Å². The number of Topliss-reactive ketones (excluding diaryl/α,β-unsaturated/α-hetero) is 1. The molecule has 112 valence electrons. The van der Waals surface area contributed by atoms with Crippen LogP contribution in [0, 0.1) is 0 Å². The van der Waals surface area contributed by atoms with Gasteiger partial charge in [-0.3, -0.25) is 9.59 Å². The third kappa shape index (κ3) is 4.93. The summed E-state index contributed by atoms with van der Waals surface area (Å²) in [7, 11) is 0. The highest BCUT2D eigenvalue weighted by atomic mass is 35.5. The van der Waals surface area contributed by atoms with Gasteiger partial charge in [0.2, 0.25) is 0 Å². The number of amides is 1. The van der Waals surface area contributed by atoms with Crippen LogP contribution in [0.2, 0.25) is 0 Å². The van der Waals surface area contributed by atoms with E-state index in [4.69, 9.17) is 11.6 Å². The minimum absolute atomic E-state index is 0.0399. The summed E-state index contributed by atoms with van der Waals surface area (Å²) >= 11 is 5.20. The number of hydrogen-bond acceptors (Lipinski definition) is 2. The number of carbonyl (C=O) groups is 2. The minimum atomic E-state index is -6.00. The van der Waals surface area contributed by atoms with Gasteiger partial charge in [0.05, 0.1) is 11.9 Å². The van der Waals surface area contributed by atoms with Gasteiger partial charge in [-0.05, 0) is 6.42 Å².